The van der Waals surface area contributed by atoms with Gasteiger partial charge in [0, 0.05) is 11.4 Å². The molecule has 1 heterocycles. The number of hydrogen-bond donors (Lipinski definition) is 1. The molecule has 1 aromatic heterocycles. The molecule has 29 heavy (non-hydrogen) atoms. The molecule has 1 N–H and O–H groups in total. The van der Waals surface area contributed by atoms with Crippen LogP contribution in [0.15, 0.2) is 59.5 Å². The number of hydrogen-bond acceptors (Lipinski definition) is 4. The standard InChI is InChI=1S/C19H16F4N4OS/c20-13-6-4-7-14(12-13)27-17(19(21,22)23)16(25-26-27)18(28)24-10-5-11-29-15-8-2-1-3-9-15/h1-4,6-9,12H,5,10-11H2,(H,24,28). The Labute approximate surface area is 168 Å². The van der Waals surface area contributed by atoms with Gasteiger partial charge in [-0.05, 0) is 42.5 Å². The molecule has 0 radical (unpaired) electrons. The summed E-state index contributed by atoms with van der Waals surface area (Å²) >= 11 is 1.58. The van der Waals surface area contributed by atoms with Crippen LogP contribution in [-0.4, -0.2) is 33.2 Å². The van der Waals surface area contributed by atoms with Crippen molar-refractivity contribution in [3.05, 3.63) is 71.8 Å². The smallest absolute Gasteiger partial charge is 0.351 e. The zero-order chi connectivity index (χ0) is 20.9. The van der Waals surface area contributed by atoms with Gasteiger partial charge in [0.2, 0.25) is 0 Å². The molecule has 0 saturated carbocycles. The second-order valence-corrected chi connectivity index (χ2v) is 7.12. The summed E-state index contributed by atoms with van der Waals surface area (Å²) in [6, 6.07) is 14.1. The van der Waals surface area contributed by atoms with Gasteiger partial charge in [-0.2, -0.15) is 13.2 Å². The van der Waals surface area contributed by atoms with Gasteiger partial charge in [-0.3, -0.25) is 4.79 Å². The minimum atomic E-state index is -4.90. The Kier molecular flexibility index (Phi) is 6.53. The molecule has 2 aromatic carbocycles. The van der Waals surface area contributed by atoms with Gasteiger partial charge in [-0.1, -0.05) is 29.5 Å². The number of amides is 1. The summed E-state index contributed by atoms with van der Waals surface area (Å²) in [4.78, 5) is 13.3. The largest absolute Gasteiger partial charge is 0.435 e. The normalized spacial score (nSPS) is 11.4. The molecule has 152 valence electrons. The number of nitrogens with zero attached hydrogens (tertiary/aromatic N) is 3. The summed E-state index contributed by atoms with van der Waals surface area (Å²) in [7, 11) is 0. The third-order valence-electron chi connectivity index (χ3n) is 3.83. The zero-order valence-electron chi connectivity index (χ0n) is 15.0. The first kappa shape index (κ1) is 20.8. The molecule has 0 aliphatic carbocycles. The summed E-state index contributed by atoms with van der Waals surface area (Å²) in [5.41, 5.74) is -2.38. The maximum Gasteiger partial charge on any atom is 0.435 e. The van der Waals surface area contributed by atoms with Crippen LogP contribution in [0.1, 0.15) is 22.6 Å². The SMILES string of the molecule is O=C(NCCCSc1ccccc1)c1nnn(-c2cccc(F)c2)c1C(F)(F)F. The van der Waals surface area contributed by atoms with E-state index in [0.29, 0.717) is 16.9 Å². The lowest BCUT2D eigenvalue weighted by atomic mass is 10.2. The van der Waals surface area contributed by atoms with Crippen molar-refractivity contribution in [2.24, 2.45) is 0 Å². The molecule has 3 aromatic rings. The average molecular weight is 424 g/mol. The third kappa shape index (κ3) is 5.35. The molecule has 10 heteroatoms. The van der Waals surface area contributed by atoms with Gasteiger partial charge in [0.05, 0.1) is 5.69 Å². The van der Waals surface area contributed by atoms with Crippen LogP contribution in [0, 0.1) is 5.82 Å². The molecule has 0 unspecified atom stereocenters. The second-order valence-electron chi connectivity index (χ2n) is 5.95. The summed E-state index contributed by atoms with van der Waals surface area (Å²) in [5.74, 6) is -1.02. The Balaban J connectivity index is 1.67. The topological polar surface area (TPSA) is 59.8 Å². The molecule has 0 aliphatic rings. The first-order valence-electron chi connectivity index (χ1n) is 8.61. The van der Waals surface area contributed by atoms with Gasteiger partial charge in [0.15, 0.2) is 11.4 Å². The van der Waals surface area contributed by atoms with Crippen LogP contribution in [-0.2, 0) is 6.18 Å². The molecular formula is C19H16F4N4OS. The summed E-state index contributed by atoms with van der Waals surface area (Å²) < 4.78 is 54.4. The van der Waals surface area contributed by atoms with Crippen molar-refractivity contribution in [2.75, 3.05) is 12.3 Å². The summed E-state index contributed by atoms with van der Waals surface area (Å²) in [6.07, 6.45) is -4.34. The predicted octanol–water partition coefficient (Wildman–Crippen LogP) is 4.34. The highest BCUT2D eigenvalue weighted by Crippen LogP contribution is 2.32. The second kappa shape index (κ2) is 9.08. The molecular weight excluding hydrogens is 408 g/mol. The fourth-order valence-corrected chi connectivity index (χ4v) is 3.42. The van der Waals surface area contributed by atoms with Crippen LogP contribution >= 0.6 is 11.8 Å². The molecule has 0 saturated heterocycles. The minimum absolute atomic E-state index is 0.178. The maximum absolute atomic E-state index is 13.5. The van der Waals surface area contributed by atoms with E-state index in [1.807, 2.05) is 30.3 Å². The Hall–Kier alpha value is -2.88. The Bertz CT molecular complexity index is 976. The van der Waals surface area contributed by atoms with E-state index in [1.54, 1.807) is 11.8 Å². The zero-order valence-corrected chi connectivity index (χ0v) is 15.8. The predicted molar refractivity (Wildman–Crippen MR) is 100 cm³/mol. The quantitative estimate of drug-likeness (QED) is 0.348. The molecule has 0 atom stereocenters. The van der Waals surface area contributed by atoms with E-state index < -0.39 is 29.3 Å². The molecule has 1 amide bonds. The van der Waals surface area contributed by atoms with Crippen LogP contribution in [0.2, 0.25) is 0 Å². The van der Waals surface area contributed by atoms with Crippen molar-refractivity contribution >= 4 is 17.7 Å². The van der Waals surface area contributed by atoms with Gasteiger partial charge >= 0.3 is 6.18 Å². The molecule has 0 aliphatic heterocycles. The lowest BCUT2D eigenvalue weighted by Gasteiger charge is -2.11. The van der Waals surface area contributed by atoms with Gasteiger partial charge in [-0.25, -0.2) is 9.07 Å². The fourth-order valence-electron chi connectivity index (χ4n) is 2.54. The molecule has 0 fully saturated rings. The first-order chi connectivity index (χ1) is 13.9. The number of halogens is 4. The minimum Gasteiger partial charge on any atom is -0.351 e. The lowest BCUT2D eigenvalue weighted by Crippen LogP contribution is -2.28. The van der Waals surface area contributed by atoms with Gasteiger partial charge in [0.25, 0.3) is 5.91 Å². The molecule has 3 rings (SSSR count). The van der Waals surface area contributed by atoms with Crippen molar-refractivity contribution in [3.8, 4) is 5.69 Å². The van der Waals surface area contributed by atoms with Gasteiger partial charge in [0.1, 0.15) is 5.82 Å². The fraction of sp³-hybridized carbons (Fsp3) is 0.211. The van der Waals surface area contributed by atoms with E-state index in [2.05, 4.69) is 15.6 Å². The van der Waals surface area contributed by atoms with Gasteiger partial charge < -0.3 is 5.32 Å². The van der Waals surface area contributed by atoms with Gasteiger partial charge in [-0.15, -0.1) is 16.9 Å². The Morgan fingerprint density at radius 1 is 1.10 bits per heavy atom. The lowest BCUT2D eigenvalue weighted by molar-refractivity contribution is -0.143. The van der Waals surface area contributed by atoms with E-state index in [4.69, 9.17) is 0 Å². The first-order valence-corrected chi connectivity index (χ1v) is 9.59. The number of thioether (sulfide) groups is 1. The number of benzene rings is 2. The van der Waals surface area contributed by atoms with Crippen molar-refractivity contribution < 1.29 is 22.4 Å². The van der Waals surface area contributed by atoms with E-state index in [-0.39, 0.29) is 12.2 Å². The number of alkyl halides is 3. The summed E-state index contributed by atoms with van der Waals surface area (Å²) in [6.45, 7) is 0.183. The Morgan fingerprint density at radius 3 is 2.55 bits per heavy atom. The number of nitrogens with one attached hydrogen (secondary N) is 1. The van der Waals surface area contributed by atoms with Crippen molar-refractivity contribution in [3.63, 3.8) is 0 Å². The summed E-state index contributed by atoms with van der Waals surface area (Å²) in [5, 5.41) is 9.23. The van der Waals surface area contributed by atoms with E-state index in [0.717, 1.165) is 17.0 Å². The van der Waals surface area contributed by atoms with Crippen LogP contribution in [0.4, 0.5) is 17.6 Å². The number of carbonyl (C=O) groups is 1. The highest BCUT2D eigenvalue weighted by molar-refractivity contribution is 7.99. The van der Waals surface area contributed by atoms with E-state index in [1.165, 1.54) is 12.1 Å². The average Bonchev–Trinajstić information content (AvgIpc) is 3.14. The van der Waals surface area contributed by atoms with Crippen LogP contribution < -0.4 is 5.32 Å². The third-order valence-corrected chi connectivity index (χ3v) is 4.92. The molecule has 0 spiro atoms. The number of carbonyl (C=O) groups excluding carboxylic acids is 1. The molecule has 0 bridgehead atoms. The van der Waals surface area contributed by atoms with Crippen molar-refractivity contribution in [1.82, 2.24) is 20.3 Å². The highest BCUT2D eigenvalue weighted by atomic mass is 32.2. The van der Waals surface area contributed by atoms with E-state index in [9.17, 15) is 22.4 Å². The monoisotopic (exact) mass is 424 g/mol. The van der Waals surface area contributed by atoms with Crippen LogP contribution in [0.25, 0.3) is 5.69 Å². The van der Waals surface area contributed by atoms with Crippen LogP contribution in [0.5, 0.6) is 0 Å². The maximum atomic E-state index is 13.5. The molecule has 5 nitrogen and oxygen atoms in total. The van der Waals surface area contributed by atoms with Crippen LogP contribution in [0.3, 0.4) is 0 Å². The number of aromatic nitrogens is 3. The van der Waals surface area contributed by atoms with Crippen molar-refractivity contribution in [2.45, 2.75) is 17.5 Å². The van der Waals surface area contributed by atoms with E-state index >= 15 is 0 Å². The highest BCUT2D eigenvalue weighted by Gasteiger charge is 2.42. The van der Waals surface area contributed by atoms with Crippen molar-refractivity contribution in [1.29, 1.82) is 0 Å². The number of rotatable bonds is 7. The Morgan fingerprint density at radius 2 is 1.86 bits per heavy atom.